The molecule has 0 aliphatic carbocycles. The van der Waals surface area contributed by atoms with Crippen molar-refractivity contribution in [3.63, 3.8) is 0 Å². The van der Waals surface area contributed by atoms with Crippen molar-refractivity contribution in [2.45, 2.75) is 23.6 Å². The van der Waals surface area contributed by atoms with Crippen molar-refractivity contribution in [1.29, 1.82) is 0 Å². The van der Waals surface area contributed by atoms with Crippen molar-refractivity contribution < 1.29 is 48.8 Å². The van der Waals surface area contributed by atoms with E-state index >= 15 is 0 Å². The Kier molecular flexibility index (Phi) is 7.83. The lowest BCUT2D eigenvalue weighted by molar-refractivity contribution is -0.152. The number of thioether (sulfide) groups is 1. The van der Waals surface area contributed by atoms with Crippen LogP contribution in [0.2, 0.25) is 0 Å². The van der Waals surface area contributed by atoms with Gasteiger partial charge in [-0.3, -0.25) is 24.6 Å². The Morgan fingerprint density at radius 2 is 2.00 bits per heavy atom. The molecule has 14 nitrogen and oxygen atoms in total. The number of nitrogens with two attached hydrogens (primary N) is 1. The molecule has 15 heteroatoms. The van der Waals surface area contributed by atoms with Gasteiger partial charge in [0.1, 0.15) is 29.8 Å². The SMILES string of the molecule is COC1=C(C(=O)O)N2C(=O)[C@@H](NC(=O)[C@H](O)c3cccc(NC(=O)OC[C@@H](N)C(=O)O)c3)[C@H]2SC1. The maximum Gasteiger partial charge on any atom is 0.411 e. The fraction of sp³-hybridized carbons (Fsp3) is 0.350. The predicted molar refractivity (Wildman–Crippen MR) is 119 cm³/mol. The molecule has 0 unspecified atom stereocenters. The minimum absolute atomic E-state index is 0.0789. The number of rotatable bonds is 9. The van der Waals surface area contributed by atoms with E-state index in [1.165, 1.54) is 43.1 Å². The molecule has 3 rings (SSSR count). The zero-order chi connectivity index (χ0) is 25.9. The van der Waals surface area contributed by atoms with Crippen molar-refractivity contribution in [3.8, 4) is 0 Å². The number of methoxy groups -OCH3 is 1. The molecule has 1 saturated heterocycles. The lowest BCUT2D eigenvalue weighted by Gasteiger charge is -2.49. The highest BCUT2D eigenvalue weighted by Gasteiger charge is 2.55. The van der Waals surface area contributed by atoms with Crippen LogP contribution in [0.25, 0.3) is 0 Å². The molecule has 0 aromatic heterocycles. The molecule has 2 heterocycles. The van der Waals surface area contributed by atoms with Crippen LogP contribution in [0.3, 0.4) is 0 Å². The number of aliphatic hydroxyl groups is 1. The van der Waals surface area contributed by atoms with Crippen molar-refractivity contribution in [2.24, 2.45) is 5.73 Å². The summed E-state index contributed by atoms with van der Waals surface area (Å²) >= 11 is 1.20. The normalized spacial score (nSPS) is 20.7. The van der Waals surface area contributed by atoms with Crippen LogP contribution in [-0.2, 0) is 28.7 Å². The molecule has 0 spiro atoms. The van der Waals surface area contributed by atoms with Crippen LogP contribution in [0.5, 0.6) is 0 Å². The Hall–Kier alpha value is -3.82. The van der Waals surface area contributed by atoms with Gasteiger partial charge in [-0.05, 0) is 17.7 Å². The molecule has 2 aliphatic rings. The van der Waals surface area contributed by atoms with Crippen LogP contribution in [-0.4, -0.2) is 87.0 Å². The molecule has 0 radical (unpaired) electrons. The summed E-state index contributed by atoms with van der Waals surface area (Å²) in [5.74, 6) is -3.93. The second-order valence-corrected chi connectivity index (χ2v) is 8.48. The third-order valence-corrected chi connectivity index (χ3v) is 6.34. The Labute approximate surface area is 202 Å². The van der Waals surface area contributed by atoms with Crippen LogP contribution in [0.15, 0.2) is 35.7 Å². The number of carboxylic acid groups (broad SMARTS) is 2. The summed E-state index contributed by atoms with van der Waals surface area (Å²) in [5.41, 5.74) is 5.18. The Bertz CT molecular complexity index is 1090. The van der Waals surface area contributed by atoms with Gasteiger partial charge in [0, 0.05) is 5.69 Å². The lowest BCUT2D eigenvalue weighted by Crippen LogP contribution is -2.70. The number of fused-ring (bicyclic) bond motifs is 1. The van der Waals surface area contributed by atoms with Crippen molar-refractivity contribution in [2.75, 3.05) is 24.8 Å². The molecular weight excluding hydrogens is 488 g/mol. The van der Waals surface area contributed by atoms with E-state index in [0.717, 1.165) is 4.90 Å². The molecule has 4 atom stereocenters. The molecule has 7 N–H and O–H groups in total. The first-order chi connectivity index (χ1) is 16.5. The van der Waals surface area contributed by atoms with Crippen LogP contribution < -0.4 is 16.4 Å². The number of hydrogen-bond donors (Lipinski definition) is 6. The Balaban J connectivity index is 1.61. The second kappa shape index (κ2) is 10.6. The number of nitrogens with one attached hydrogen (secondary N) is 2. The molecule has 1 aromatic carbocycles. The first kappa shape index (κ1) is 25.8. The number of aliphatic hydroxyl groups excluding tert-OH is 1. The van der Waals surface area contributed by atoms with Gasteiger partial charge in [-0.15, -0.1) is 11.8 Å². The number of carboxylic acids is 2. The average Bonchev–Trinajstić information content (AvgIpc) is 2.83. The summed E-state index contributed by atoms with van der Waals surface area (Å²) in [6, 6.07) is 3.11. The number of hydrogen-bond acceptors (Lipinski definition) is 10. The maximum atomic E-state index is 12.6. The first-order valence-electron chi connectivity index (χ1n) is 10.0. The standard InChI is InChI=1S/C20H22N4O10S/c1-33-11-7-35-17-12(16(27)24(17)13(11)19(30)31)23-15(26)14(25)8-3-2-4-9(5-8)22-20(32)34-6-10(21)18(28)29/h2-5,10,12,14,17,25H,6-7,21H2,1H3,(H,22,32)(H,23,26)(H,28,29)(H,30,31)/t10-,12-,14-,17-/m1/s1. The van der Waals surface area contributed by atoms with Gasteiger partial charge in [0.05, 0.1) is 12.9 Å². The highest BCUT2D eigenvalue weighted by molar-refractivity contribution is 8.00. The van der Waals surface area contributed by atoms with Gasteiger partial charge >= 0.3 is 18.0 Å². The monoisotopic (exact) mass is 510 g/mol. The van der Waals surface area contributed by atoms with Crippen LogP contribution in [0.4, 0.5) is 10.5 Å². The number of benzene rings is 1. The number of nitrogens with zero attached hydrogens (tertiary/aromatic N) is 1. The van der Waals surface area contributed by atoms with Crippen LogP contribution in [0, 0.1) is 0 Å². The van der Waals surface area contributed by atoms with Crippen molar-refractivity contribution >= 4 is 47.3 Å². The zero-order valence-corrected chi connectivity index (χ0v) is 19.0. The van der Waals surface area contributed by atoms with Gasteiger partial charge in [-0.25, -0.2) is 9.59 Å². The average molecular weight is 510 g/mol. The van der Waals surface area contributed by atoms with E-state index in [9.17, 15) is 34.2 Å². The summed E-state index contributed by atoms with van der Waals surface area (Å²) in [4.78, 5) is 60.2. The van der Waals surface area contributed by atoms with Gasteiger partial charge in [-0.2, -0.15) is 0 Å². The predicted octanol–water partition coefficient (Wildman–Crippen LogP) is -0.977. The van der Waals surface area contributed by atoms with Gasteiger partial charge < -0.3 is 35.8 Å². The Morgan fingerprint density at radius 1 is 1.29 bits per heavy atom. The second-order valence-electron chi connectivity index (χ2n) is 7.37. The number of ether oxygens (including phenoxy) is 2. The zero-order valence-electron chi connectivity index (χ0n) is 18.2. The summed E-state index contributed by atoms with van der Waals surface area (Å²) in [7, 11) is 1.30. The van der Waals surface area contributed by atoms with E-state index < -0.39 is 60.0 Å². The van der Waals surface area contributed by atoms with Crippen LogP contribution >= 0.6 is 11.8 Å². The smallest absolute Gasteiger partial charge is 0.411 e. The van der Waals surface area contributed by atoms with E-state index in [0.29, 0.717) is 0 Å². The lowest BCUT2D eigenvalue weighted by atomic mass is 10.0. The third-order valence-electron chi connectivity index (χ3n) is 5.09. The minimum Gasteiger partial charge on any atom is -0.498 e. The van der Waals surface area contributed by atoms with Crippen molar-refractivity contribution in [3.05, 3.63) is 41.3 Å². The first-order valence-corrected chi connectivity index (χ1v) is 11.1. The van der Waals surface area contributed by atoms with Gasteiger partial charge in [-0.1, -0.05) is 12.1 Å². The van der Waals surface area contributed by atoms with Gasteiger partial charge in [0.2, 0.25) is 0 Å². The number of amides is 3. The quantitative estimate of drug-likeness (QED) is 0.221. The van der Waals surface area contributed by atoms with Gasteiger partial charge in [0.25, 0.3) is 11.8 Å². The molecule has 2 aliphatic heterocycles. The summed E-state index contributed by atoms with van der Waals surface area (Å²) in [6.45, 7) is -0.567. The van der Waals surface area contributed by atoms with Gasteiger partial charge in [0.15, 0.2) is 11.8 Å². The van der Waals surface area contributed by atoms with E-state index in [1.807, 2.05) is 0 Å². The fourth-order valence-electron chi connectivity index (χ4n) is 3.31. The molecule has 35 heavy (non-hydrogen) atoms. The number of aliphatic carboxylic acids is 2. The van der Waals surface area contributed by atoms with Crippen LogP contribution in [0.1, 0.15) is 11.7 Å². The van der Waals surface area contributed by atoms with E-state index in [4.69, 9.17) is 20.3 Å². The topological polar surface area (TPSA) is 218 Å². The third kappa shape index (κ3) is 5.47. The number of carbonyl (C=O) groups excluding carboxylic acids is 3. The Morgan fingerprint density at radius 3 is 2.63 bits per heavy atom. The number of anilines is 1. The number of β-lactam (4-membered cyclic amide) rings is 1. The van der Waals surface area contributed by atoms with E-state index in [-0.39, 0.29) is 28.5 Å². The minimum atomic E-state index is -1.72. The maximum absolute atomic E-state index is 12.6. The number of carbonyl (C=O) groups is 5. The molecule has 3 amide bonds. The van der Waals surface area contributed by atoms with E-state index in [2.05, 4.69) is 10.6 Å². The molecule has 0 saturated carbocycles. The summed E-state index contributed by atoms with van der Waals surface area (Å²) in [5, 5.41) is 32.6. The summed E-state index contributed by atoms with van der Waals surface area (Å²) < 4.78 is 9.74. The van der Waals surface area contributed by atoms with E-state index in [1.54, 1.807) is 0 Å². The molecular formula is C20H22N4O10S. The highest BCUT2D eigenvalue weighted by atomic mass is 32.2. The fourth-order valence-corrected chi connectivity index (χ4v) is 4.62. The largest absolute Gasteiger partial charge is 0.498 e. The van der Waals surface area contributed by atoms with Crippen molar-refractivity contribution in [1.82, 2.24) is 10.2 Å². The molecule has 188 valence electrons. The molecule has 1 fully saturated rings. The molecule has 0 bridgehead atoms. The highest BCUT2D eigenvalue weighted by Crippen LogP contribution is 2.40. The summed E-state index contributed by atoms with van der Waals surface area (Å²) in [6.07, 6.45) is -2.71. The molecule has 1 aromatic rings.